The number of oxime groups is 1. The third-order valence-corrected chi connectivity index (χ3v) is 1.94. The smallest absolute Gasteiger partial charge is 0.344 e. The Morgan fingerprint density at radius 1 is 1.50 bits per heavy atom. The summed E-state index contributed by atoms with van der Waals surface area (Å²) < 4.78 is 5.21. The van der Waals surface area contributed by atoms with Gasteiger partial charge < -0.3 is 14.4 Å². The number of nitrogens with zero attached hydrogens (tertiary/aromatic N) is 1. The Bertz CT molecular complexity index is 530. The first-order valence-electron chi connectivity index (χ1n) is 4.60. The van der Waals surface area contributed by atoms with E-state index in [1.54, 1.807) is 12.3 Å². The van der Waals surface area contributed by atoms with Crippen LogP contribution in [0.3, 0.4) is 0 Å². The van der Waals surface area contributed by atoms with Gasteiger partial charge >= 0.3 is 5.97 Å². The molecule has 0 aliphatic rings. The molecular weight excluding hydrogens is 210 g/mol. The molecule has 0 fully saturated rings. The van der Waals surface area contributed by atoms with E-state index in [4.69, 9.17) is 9.52 Å². The molecule has 2 aromatic rings. The van der Waals surface area contributed by atoms with Gasteiger partial charge in [0.1, 0.15) is 5.58 Å². The van der Waals surface area contributed by atoms with Gasteiger partial charge in [0.05, 0.1) is 12.5 Å². The summed E-state index contributed by atoms with van der Waals surface area (Å²) in [7, 11) is 0. The van der Waals surface area contributed by atoms with E-state index >= 15 is 0 Å². The van der Waals surface area contributed by atoms with E-state index in [2.05, 4.69) is 9.99 Å². The van der Waals surface area contributed by atoms with Crippen LogP contribution in [-0.4, -0.2) is 23.9 Å². The van der Waals surface area contributed by atoms with Gasteiger partial charge in [-0.2, -0.15) is 0 Å². The van der Waals surface area contributed by atoms with Gasteiger partial charge in [-0.1, -0.05) is 17.3 Å². The molecule has 0 saturated carbocycles. The van der Waals surface area contributed by atoms with Crippen LogP contribution in [-0.2, 0) is 9.63 Å². The molecule has 1 N–H and O–H groups in total. The van der Waals surface area contributed by atoms with Gasteiger partial charge in [-0.05, 0) is 17.7 Å². The maximum Gasteiger partial charge on any atom is 0.344 e. The van der Waals surface area contributed by atoms with Crippen molar-refractivity contribution in [3.63, 3.8) is 0 Å². The molecule has 1 aromatic carbocycles. The molecule has 2 rings (SSSR count). The topological polar surface area (TPSA) is 72.0 Å². The summed E-state index contributed by atoms with van der Waals surface area (Å²) in [5.74, 6) is -1.06. The van der Waals surface area contributed by atoms with Crippen LogP contribution in [0.15, 0.2) is 40.1 Å². The van der Waals surface area contributed by atoms with Gasteiger partial charge in [0.2, 0.25) is 6.61 Å². The number of carboxylic acid groups (broad SMARTS) is 1. The highest BCUT2D eigenvalue weighted by molar-refractivity contribution is 5.87. The molecule has 1 heterocycles. The molecule has 0 spiro atoms. The van der Waals surface area contributed by atoms with E-state index in [0.717, 1.165) is 16.5 Å². The summed E-state index contributed by atoms with van der Waals surface area (Å²) in [6.07, 6.45) is 3.04. The van der Waals surface area contributed by atoms with Crippen molar-refractivity contribution in [2.45, 2.75) is 0 Å². The maximum absolute atomic E-state index is 10.1. The van der Waals surface area contributed by atoms with Crippen molar-refractivity contribution in [1.82, 2.24) is 0 Å². The first-order chi connectivity index (χ1) is 7.75. The molecule has 5 nitrogen and oxygen atoms in total. The lowest BCUT2D eigenvalue weighted by Crippen LogP contribution is -2.03. The van der Waals surface area contributed by atoms with Crippen molar-refractivity contribution < 1.29 is 19.2 Å². The standard InChI is InChI=1S/C11H9NO4/c13-11(14)7-16-12-6-8-1-2-9-3-4-15-10(9)5-8/h1-6H,7H2,(H,13,14). The lowest BCUT2D eigenvalue weighted by atomic mass is 10.2. The van der Waals surface area contributed by atoms with Crippen molar-refractivity contribution in [3.8, 4) is 0 Å². The molecule has 5 heteroatoms. The number of carbonyl (C=O) groups is 1. The Morgan fingerprint density at radius 3 is 3.19 bits per heavy atom. The van der Waals surface area contributed by atoms with Crippen molar-refractivity contribution in [2.24, 2.45) is 5.16 Å². The van der Waals surface area contributed by atoms with Crippen molar-refractivity contribution >= 4 is 23.2 Å². The average Bonchev–Trinajstić information content (AvgIpc) is 2.71. The third-order valence-electron chi connectivity index (χ3n) is 1.94. The normalized spacial score (nSPS) is 11.0. The SMILES string of the molecule is O=C(O)CON=Cc1ccc2ccoc2c1. The Kier molecular flexibility index (Phi) is 2.86. The highest BCUT2D eigenvalue weighted by Gasteiger charge is 1.97. The minimum Gasteiger partial charge on any atom is -0.479 e. The second kappa shape index (κ2) is 4.48. The van der Waals surface area contributed by atoms with Crippen LogP contribution in [0.25, 0.3) is 11.0 Å². The summed E-state index contributed by atoms with van der Waals surface area (Å²) in [5.41, 5.74) is 1.54. The Labute approximate surface area is 90.9 Å². The monoisotopic (exact) mass is 219 g/mol. The first-order valence-corrected chi connectivity index (χ1v) is 4.60. The second-order valence-electron chi connectivity index (χ2n) is 3.12. The van der Waals surface area contributed by atoms with E-state index in [-0.39, 0.29) is 0 Å². The van der Waals surface area contributed by atoms with E-state index in [9.17, 15) is 4.79 Å². The summed E-state index contributed by atoms with van der Waals surface area (Å²) in [6, 6.07) is 7.38. The molecule has 0 atom stereocenters. The highest BCUT2D eigenvalue weighted by Crippen LogP contribution is 2.15. The van der Waals surface area contributed by atoms with Crippen LogP contribution in [0.1, 0.15) is 5.56 Å². The number of rotatable bonds is 4. The third kappa shape index (κ3) is 2.38. The molecular formula is C11H9NO4. The predicted molar refractivity (Wildman–Crippen MR) is 57.4 cm³/mol. The van der Waals surface area contributed by atoms with Crippen molar-refractivity contribution in [2.75, 3.05) is 6.61 Å². The van der Waals surface area contributed by atoms with E-state index in [0.29, 0.717) is 0 Å². The Balaban J connectivity index is 2.06. The summed E-state index contributed by atoms with van der Waals surface area (Å²) in [5, 5.41) is 12.8. The van der Waals surface area contributed by atoms with Crippen LogP contribution in [0.4, 0.5) is 0 Å². The van der Waals surface area contributed by atoms with Gasteiger partial charge in [-0.25, -0.2) is 4.79 Å². The van der Waals surface area contributed by atoms with Crippen molar-refractivity contribution in [1.29, 1.82) is 0 Å². The fourth-order valence-corrected chi connectivity index (χ4v) is 1.24. The fraction of sp³-hybridized carbons (Fsp3) is 0.0909. The Hall–Kier alpha value is -2.30. The molecule has 0 saturated heterocycles. The van der Waals surface area contributed by atoms with Gasteiger partial charge in [0.15, 0.2) is 0 Å². The second-order valence-corrected chi connectivity index (χ2v) is 3.12. The zero-order valence-electron chi connectivity index (χ0n) is 8.29. The van der Waals surface area contributed by atoms with Gasteiger partial charge in [-0.3, -0.25) is 0 Å². The first kappa shape index (κ1) is 10.2. The molecule has 1 aromatic heterocycles. The molecule has 0 aliphatic heterocycles. The summed E-state index contributed by atoms with van der Waals surface area (Å²) in [6.45, 7) is -0.445. The molecule has 0 aliphatic carbocycles. The number of carboxylic acids is 1. The van der Waals surface area contributed by atoms with E-state index in [1.807, 2.05) is 18.2 Å². The number of hydrogen-bond donors (Lipinski definition) is 1. The zero-order chi connectivity index (χ0) is 11.4. The van der Waals surface area contributed by atoms with Crippen LogP contribution < -0.4 is 0 Å². The average molecular weight is 219 g/mol. The number of aliphatic carboxylic acids is 1. The van der Waals surface area contributed by atoms with Crippen LogP contribution in [0.5, 0.6) is 0 Å². The van der Waals surface area contributed by atoms with Crippen LogP contribution in [0.2, 0.25) is 0 Å². The van der Waals surface area contributed by atoms with Gasteiger partial charge in [0, 0.05) is 5.39 Å². The molecule has 16 heavy (non-hydrogen) atoms. The number of hydrogen-bond acceptors (Lipinski definition) is 4. The lowest BCUT2D eigenvalue weighted by Gasteiger charge is -1.94. The molecule has 0 unspecified atom stereocenters. The maximum atomic E-state index is 10.1. The highest BCUT2D eigenvalue weighted by atomic mass is 16.6. The molecule has 82 valence electrons. The lowest BCUT2D eigenvalue weighted by molar-refractivity contribution is -0.142. The minimum absolute atomic E-state index is 0.445. The summed E-state index contributed by atoms with van der Waals surface area (Å²) in [4.78, 5) is 14.7. The quantitative estimate of drug-likeness (QED) is 0.629. The zero-order valence-corrected chi connectivity index (χ0v) is 8.29. The van der Waals surface area contributed by atoms with Crippen LogP contribution in [0, 0.1) is 0 Å². The Morgan fingerprint density at radius 2 is 2.38 bits per heavy atom. The predicted octanol–water partition coefficient (Wildman–Crippen LogP) is 1.87. The van der Waals surface area contributed by atoms with E-state index < -0.39 is 12.6 Å². The number of furan rings is 1. The van der Waals surface area contributed by atoms with E-state index in [1.165, 1.54) is 6.21 Å². The summed E-state index contributed by atoms with van der Waals surface area (Å²) >= 11 is 0. The minimum atomic E-state index is -1.06. The molecule has 0 bridgehead atoms. The number of benzene rings is 1. The van der Waals surface area contributed by atoms with Gasteiger partial charge in [0.25, 0.3) is 0 Å². The number of fused-ring (bicyclic) bond motifs is 1. The molecule has 0 radical (unpaired) electrons. The van der Waals surface area contributed by atoms with Crippen molar-refractivity contribution in [3.05, 3.63) is 36.1 Å². The van der Waals surface area contributed by atoms with Crippen LogP contribution >= 0.6 is 0 Å². The largest absolute Gasteiger partial charge is 0.479 e. The van der Waals surface area contributed by atoms with Gasteiger partial charge in [-0.15, -0.1) is 0 Å². The molecule has 0 amide bonds. The fourth-order valence-electron chi connectivity index (χ4n) is 1.24.